The van der Waals surface area contributed by atoms with E-state index in [1.165, 1.54) is 0 Å². The van der Waals surface area contributed by atoms with Gasteiger partial charge in [0.1, 0.15) is 22.2 Å². The lowest BCUT2D eigenvalue weighted by molar-refractivity contribution is -0.137. The number of benzene rings is 3. The van der Waals surface area contributed by atoms with Crippen molar-refractivity contribution in [3.05, 3.63) is 95.7 Å². The van der Waals surface area contributed by atoms with Crippen molar-refractivity contribution in [1.82, 2.24) is 9.97 Å². The maximum atomic E-state index is 12.7. The Morgan fingerprint density at radius 2 is 1.05 bits per heavy atom. The molecule has 0 saturated heterocycles. The molecule has 0 fully saturated rings. The van der Waals surface area contributed by atoms with Crippen LogP contribution in [-0.4, -0.2) is 35.1 Å². The molecule has 190 valence electrons. The van der Waals surface area contributed by atoms with Crippen LogP contribution in [0.15, 0.2) is 81.6 Å². The molecule has 0 bridgehead atoms. The summed E-state index contributed by atoms with van der Waals surface area (Å²) in [5.41, 5.74) is 4.26. The van der Waals surface area contributed by atoms with E-state index in [0.29, 0.717) is 33.3 Å². The number of nitrogens with zero attached hydrogens (tertiary/aromatic N) is 2. The van der Waals surface area contributed by atoms with Crippen LogP contribution in [0.1, 0.15) is 36.8 Å². The van der Waals surface area contributed by atoms with Crippen molar-refractivity contribution in [3.8, 4) is 0 Å². The first-order chi connectivity index (χ1) is 18.6. The number of esters is 2. The first-order valence-electron chi connectivity index (χ1n) is 12.1. The van der Waals surface area contributed by atoms with Crippen LogP contribution in [0.3, 0.4) is 0 Å². The molecular formula is C30H24N2O6. The number of hydrogen-bond donors (Lipinski definition) is 0. The van der Waals surface area contributed by atoms with Gasteiger partial charge >= 0.3 is 11.9 Å². The summed E-state index contributed by atoms with van der Waals surface area (Å²) in [6.07, 6.45) is 3.31. The standard InChI is InChI=1S/C30H24N2O6/c1-3-35-29(33)21(27-31-23-9-5-7-11-25(23)37-27)17-19-13-15-20(16-14-19)18-22(30(34)36-4-2)28-32-24-10-6-8-12-26(24)38-28/h5-18H,3-4H2,1-2H3/b21-17-,22-18-. The summed E-state index contributed by atoms with van der Waals surface area (Å²) in [5.74, 6) is -0.726. The highest BCUT2D eigenvalue weighted by Crippen LogP contribution is 2.26. The van der Waals surface area contributed by atoms with Crippen molar-refractivity contribution in [3.63, 3.8) is 0 Å². The van der Waals surface area contributed by atoms with E-state index in [9.17, 15) is 9.59 Å². The number of carbonyl (C=O) groups excluding carboxylic acids is 2. The second-order valence-electron chi connectivity index (χ2n) is 8.20. The zero-order valence-electron chi connectivity index (χ0n) is 20.8. The Hall–Kier alpha value is -4.98. The van der Waals surface area contributed by atoms with Crippen LogP contribution >= 0.6 is 0 Å². The Kier molecular flexibility index (Phi) is 7.13. The Morgan fingerprint density at radius 1 is 0.658 bits per heavy atom. The number of para-hydroxylation sites is 4. The largest absolute Gasteiger partial charge is 0.462 e. The van der Waals surface area contributed by atoms with E-state index in [1.54, 1.807) is 38.1 Å². The van der Waals surface area contributed by atoms with Crippen molar-refractivity contribution < 1.29 is 27.9 Å². The highest BCUT2D eigenvalue weighted by molar-refractivity contribution is 6.21. The lowest BCUT2D eigenvalue weighted by Crippen LogP contribution is -2.07. The normalized spacial score (nSPS) is 12.2. The Balaban J connectivity index is 1.49. The molecule has 0 aliphatic carbocycles. The minimum atomic E-state index is -0.538. The third kappa shape index (κ3) is 5.24. The predicted molar refractivity (Wildman–Crippen MR) is 143 cm³/mol. The SMILES string of the molecule is CCOC(=O)/C(=C\c1ccc(/C=C(\C(=O)OCC)c2nc3ccccc3o2)cc1)c1nc2ccccc2o1. The molecule has 8 nitrogen and oxygen atoms in total. The molecule has 0 N–H and O–H groups in total. The summed E-state index contributed by atoms with van der Waals surface area (Å²) >= 11 is 0. The maximum Gasteiger partial charge on any atom is 0.343 e. The van der Waals surface area contributed by atoms with Gasteiger partial charge in [0.25, 0.3) is 0 Å². The number of aromatic nitrogens is 2. The Labute approximate surface area is 218 Å². The molecule has 2 aromatic heterocycles. The van der Waals surface area contributed by atoms with Gasteiger partial charge in [-0.15, -0.1) is 0 Å². The quantitative estimate of drug-likeness (QED) is 0.181. The number of ether oxygens (including phenoxy) is 2. The van der Waals surface area contributed by atoms with Crippen LogP contribution < -0.4 is 0 Å². The molecule has 0 saturated carbocycles. The number of carbonyl (C=O) groups is 2. The zero-order chi connectivity index (χ0) is 26.5. The molecule has 0 unspecified atom stereocenters. The fourth-order valence-electron chi connectivity index (χ4n) is 3.83. The summed E-state index contributed by atoms with van der Waals surface area (Å²) in [6.45, 7) is 3.90. The lowest BCUT2D eigenvalue weighted by Gasteiger charge is -2.05. The number of fused-ring (bicyclic) bond motifs is 2. The molecule has 2 heterocycles. The van der Waals surface area contributed by atoms with Crippen LogP contribution in [0, 0.1) is 0 Å². The van der Waals surface area contributed by atoms with Crippen molar-refractivity contribution in [2.24, 2.45) is 0 Å². The second-order valence-corrected chi connectivity index (χ2v) is 8.20. The van der Waals surface area contributed by atoms with E-state index in [0.717, 1.165) is 0 Å². The van der Waals surface area contributed by atoms with Gasteiger partial charge in [-0.25, -0.2) is 19.6 Å². The van der Waals surface area contributed by atoms with Crippen molar-refractivity contribution in [2.45, 2.75) is 13.8 Å². The molecule has 0 aliphatic heterocycles. The molecule has 0 atom stereocenters. The summed E-state index contributed by atoms with van der Waals surface area (Å²) < 4.78 is 22.1. The summed E-state index contributed by atoms with van der Waals surface area (Å²) in [6, 6.07) is 21.8. The number of oxazole rings is 2. The molecule has 0 amide bonds. The van der Waals surface area contributed by atoms with Crippen molar-refractivity contribution in [1.29, 1.82) is 0 Å². The molecule has 3 aromatic carbocycles. The van der Waals surface area contributed by atoms with Gasteiger partial charge in [0.2, 0.25) is 11.8 Å². The predicted octanol–water partition coefficient (Wildman–Crippen LogP) is 6.18. The fraction of sp³-hybridized carbons (Fsp3) is 0.133. The summed E-state index contributed by atoms with van der Waals surface area (Å²) in [4.78, 5) is 34.4. The first kappa shape index (κ1) is 24.7. The average Bonchev–Trinajstić information content (AvgIpc) is 3.55. The average molecular weight is 509 g/mol. The van der Waals surface area contributed by atoms with E-state index in [2.05, 4.69) is 9.97 Å². The van der Waals surface area contributed by atoms with Crippen LogP contribution in [0.25, 0.3) is 45.5 Å². The molecule has 38 heavy (non-hydrogen) atoms. The summed E-state index contributed by atoms with van der Waals surface area (Å²) in [5, 5.41) is 0. The van der Waals surface area contributed by atoms with Gasteiger partial charge in [0, 0.05) is 0 Å². The Bertz CT molecular complexity index is 1480. The van der Waals surface area contributed by atoms with Gasteiger partial charge in [-0.2, -0.15) is 0 Å². The van der Waals surface area contributed by atoms with Crippen LogP contribution in [0.5, 0.6) is 0 Å². The van der Waals surface area contributed by atoms with Gasteiger partial charge < -0.3 is 18.3 Å². The monoisotopic (exact) mass is 508 g/mol. The number of rotatable bonds is 8. The van der Waals surface area contributed by atoms with Gasteiger partial charge in [0.05, 0.1) is 13.2 Å². The lowest BCUT2D eigenvalue weighted by atomic mass is 10.1. The van der Waals surface area contributed by atoms with E-state index >= 15 is 0 Å². The minimum Gasteiger partial charge on any atom is -0.462 e. The van der Waals surface area contributed by atoms with Crippen LogP contribution in [0.2, 0.25) is 0 Å². The third-order valence-corrected chi connectivity index (χ3v) is 5.60. The molecular weight excluding hydrogens is 484 g/mol. The third-order valence-electron chi connectivity index (χ3n) is 5.60. The van der Waals surface area contributed by atoms with E-state index in [-0.39, 0.29) is 36.1 Å². The van der Waals surface area contributed by atoms with Crippen molar-refractivity contribution in [2.75, 3.05) is 13.2 Å². The number of hydrogen-bond acceptors (Lipinski definition) is 8. The van der Waals surface area contributed by atoms with Gasteiger partial charge in [0.15, 0.2) is 11.2 Å². The van der Waals surface area contributed by atoms with Gasteiger partial charge in [-0.3, -0.25) is 0 Å². The highest BCUT2D eigenvalue weighted by Gasteiger charge is 2.21. The second kappa shape index (κ2) is 11.0. The zero-order valence-corrected chi connectivity index (χ0v) is 20.8. The van der Waals surface area contributed by atoms with Crippen molar-refractivity contribution >= 4 is 57.4 Å². The minimum absolute atomic E-state index is 0.175. The molecule has 0 spiro atoms. The Morgan fingerprint density at radius 3 is 1.42 bits per heavy atom. The first-order valence-corrected chi connectivity index (χ1v) is 12.1. The molecule has 0 radical (unpaired) electrons. The van der Waals surface area contributed by atoms with Gasteiger partial charge in [-0.1, -0.05) is 48.5 Å². The molecule has 5 rings (SSSR count). The smallest absolute Gasteiger partial charge is 0.343 e. The highest BCUT2D eigenvalue weighted by atomic mass is 16.5. The molecule has 5 aromatic rings. The molecule has 8 heteroatoms. The van der Waals surface area contributed by atoms with E-state index < -0.39 is 11.9 Å². The summed E-state index contributed by atoms with van der Waals surface area (Å²) in [7, 11) is 0. The molecule has 0 aliphatic rings. The van der Waals surface area contributed by atoms with Gasteiger partial charge in [-0.05, 0) is 61.4 Å². The van der Waals surface area contributed by atoms with E-state index in [1.807, 2.05) is 60.7 Å². The fourth-order valence-corrected chi connectivity index (χ4v) is 3.83. The topological polar surface area (TPSA) is 105 Å². The van der Waals surface area contributed by atoms with Crippen LogP contribution in [0.4, 0.5) is 0 Å². The van der Waals surface area contributed by atoms with Crippen LogP contribution in [-0.2, 0) is 19.1 Å². The van der Waals surface area contributed by atoms with E-state index in [4.69, 9.17) is 18.3 Å². The maximum absolute atomic E-state index is 12.7.